The van der Waals surface area contributed by atoms with Gasteiger partial charge in [-0.05, 0) is 95.0 Å². The van der Waals surface area contributed by atoms with E-state index >= 15 is 4.39 Å². The lowest BCUT2D eigenvalue weighted by molar-refractivity contribution is -0.0720. The number of hydrogen-bond acceptors (Lipinski definition) is 7. The second-order valence-electron chi connectivity index (χ2n) is 10.0. The van der Waals surface area contributed by atoms with Gasteiger partial charge in [0, 0.05) is 37.6 Å². The fraction of sp³-hybridized carbons (Fsp3) is 0.538. The first-order valence-electron chi connectivity index (χ1n) is 12.5. The maximum Gasteiger partial charge on any atom is 0.261 e. The Bertz CT molecular complexity index is 1110. The number of halogens is 1. The van der Waals surface area contributed by atoms with Crippen molar-refractivity contribution in [1.82, 2.24) is 9.21 Å². The number of ether oxygens (including phenoxy) is 1. The van der Waals surface area contributed by atoms with Crippen molar-refractivity contribution in [3.63, 3.8) is 0 Å². The molecule has 0 aliphatic carbocycles. The summed E-state index contributed by atoms with van der Waals surface area (Å²) in [5, 5.41) is 0. The Balaban J connectivity index is 1.43. The monoisotopic (exact) mass is 536 g/mol. The highest BCUT2D eigenvalue weighted by atomic mass is 32.2. The molecule has 7 nitrogen and oxygen atoms in total. The van der Waals surface area contributed by atoms with Crippen molar-refractivity contribution in [3.8, 4) is 0 Å². The lowest BCUT2D eigenvalue weighted by atomic mass is 9.95. The normalized spacial score (nSPS) is 22.2. The lowest BCUT2D eigenvalue weighted by Crippen LogP contribution is -2.48. The molecule has 2 aromatic rings. The van der Waals surface area contributed by atoms with E-state index in [1.807, 2.05) is 23.3 Å². The Morgan fingerprint density at radius 2 is 1.69 bits per heavy atom. The molecule has 0 amide bonds. The lowest BCUT2D eigenvalue weighted by Gasteiger charge is -2.40. The van der Waals surface area contributed by atoms with Gasteiger partial charge >= 0.3 is 0 Å². The van der Waals surface area contributed by atoms with Crippen LogP contribution in [0.1, 0.15) is 26.7 Å². The van der Waals surface area contributed by atoms with E-state index in [1.165, 1.54) is 18.0 Å². The molecule has 10 heteroatoms. The van der Waals surface area contributed by atoms with Crippen LogP contribution in [0.4, 0.5) is 15.8 Å². The van der Waals surface area contributed by atoms with E-state index in [9.17, 15) is 8.42 Å². The SMILES string of the molecule is C[C@@H]1CN(CC2CCN(c3c(F)cccc3NS(=O)(=O)c3ccc(SN(C)C)cc3)CC2)C[C@H](C)O1. The number of hydrogen-bond donors (Lipinski definition) is 1. The van der Waals surface area contributed by atoms with Gasteiger partial charge in [0.1, 0.15) is 5.82 Å². The highest BCUT2D eigenvalue weighted by molar-refractivity contribution is 7.97. The van der Waals surface area contributed by atoms with Gasteiger partial charge in [-0.25, -0.2) is 12.8 Å². The summed E-state index contributed by atoms with van der Waals surface area (Å²) in [6, 6.07) is 11.3. The van der Waals surface area contributed by atoms with Crippen molar-refractivity contribution in [2.75, 3.05) is 56.4 Å². The summed E-state index contributed by atoms with van der Waals surface area (Å²) < 4.78 is 51.7. The number of nitrogens with one attached hydrogen (secondary N) is 1. The quantitative estimate of drug-likeness (QED) is 0.498. The van der Waals surface area contributed by atoms with Gasteiger partial charge in [-0.15, -0.1) is 0 Å². The number of benzene rings is 2. The number of piperidine rings is 1. The third-order valence-electron chi connectivity index (χ3n) is 6.60. The van der Waals surface area contributed by atoms with Crippen molar-refractivity contribution in [1.29, 1.82) is 0 Å². The highest BCUT2D eigenvalue weighted by Crippen LogP contribution is 2.34. The summed E-state index contributed by atoms with van der Waals surface area (Å²) in [6.45, 7) is 8.51. The molecule has 2 saturated heterocycles. The number of rotatable bonds is 8. The molecule has 0 radical (unpaired) electrons. The van der Waals surface area contributed by atoms with E-state index < -0.39 is 15.8 Å². The number of nitrogens with zero attached hydrogens (tertiary/aromatic N) is 3. The Hall–Kier alpha value is -1.85. The molecule has 4 rings (SSSR count). The van der Waals surface area contributed by atoms with Gasteiger partial charge in [0.05, 0.1) is 28.5 Å². The maximum absolute atomic E-state index is 15.0. The highest BCUT2D eigenvalue weighted by Gasteiger charge is 2.29. The van der Waals surface area contributed by atoms with Crippen LogP contribution in [0.15, 0.2) is 52.3 Å². The zero-order valence-electron chi connectivity index (χ0n) is 21.5. The van der Waals surface area contributed by atoms with E-state index in [2.05, 4.69) is 23.5 Å². The minimum atomic E-state index is -3.86. The summed E-state index contributed by atoms with van der Waals surface area (Å²) in [5.41, 5.74) is 0.601. The van der Waals surface area contributed by atoms with Crippen LogP contribution >= 0.6 is 11.9 Å². The van der Waals surface area contributed by atoms with Crippen LogP contribution in [0.2, 0.25) is 0 Å². The third-order valence-corrected chi connectivity index (χ3v) is 8.83. The largest absolute Gasteiger partial charge is 0.373 e. The van der Waals surface area contributed by atoms with Gasteiger partial charge in [-0.1, -0.05) is 6.07 Å². The van der Waals surface area contributed by atoms with Crippen molar-refractivity contribution in [2.24, 2.45) is 5.92 Å². The number of anilines is 2. The smallest absolute Gasteiger partial charge is 0.261 e. The van der Waals surface area contributed by atoms with E-state index in [0.29, 0.717) is 24.7 Å². The first-order chi connectivity index (χ1) is 17.1. The van der Waals surface area contributed by atoms with Crippen LogP contribution in [0.25, 0.3) is 0 Å². The Labute approximate surface area is 219 Å². The van der Waals surface area contributed by atoms with Crippen LogP contribution in [-0.2, 0) is 14.8 Å². The fourth-order valence-corrected chi connectivity index (χ4v) is 6.90. The second kappa shape index (κ2) is 11.7. The van der Waals surface area contributed by atoms with Gasteiger partial charge in [0.2, 0.25) is 0 Å². The summed E-state index contributed by atoms with van der Waals surface area (Å²) in [6.07, 6.45) is 2.36. The summed E-state index contributed by atoms with van der Waals surface area (Å²) in [4.78, 5) is 5.54. The average Bonchev–Trinajstić information content (AvgIpc) is 2.79. The first-order valence-corrected chi connectivity index (χ1v) is 14.8. The molecule has 0 unspecified atom stereocenters. The van der Waals surface area contributed by atoms with Crippen LogP contribution in [0.5, 0.6) is 0 Å². The maximum atomic E-state index is 15.0. The summed E-state index contributed by atoms with van der Waals surface area (Å²) >= 11 is 1.51. The molecule has 2 aliphatic rings. The Morgan fingerprint density at radius 1 is 1.06 bits per heavy atom. The van der Waals surface area contributed by atoms with Crippen molar-refractivity contribution in [2.45, 2.75) is 48.7 Å². The zero-order valence-corrected chi connectivity index (χ0v) is 23.1. The van der Waals surface area contributed by atoms with Crippen LogP contribution in [-0.4, -0.2) is 76.6 Å². The zero-order chi connectivity index (χ0) is 25.9. The molecule has 0 bridgehead atoms. The molecular formula is C26H37FN4O3S2. The third kappa shape index (κ3) is 6.92. The van der Waals surface area contributed by atoms with E-state index in [-0.39, 0.29) is 22.8 Å². The number of sulfonamides is 1. The minimum absolute atomic E-state index is 0.147. The van der Waals surface area contributed by atoms with Gasteiger partial charge in [-0.2, -0.15) is 0 Å². The number of morpholine rings is 1. The van der Waals surface area contributed by atoms with Crippen molar-refractivity contribution in [3.05, 3.63) is 48.3 Å². The Kier molecular flexibility index (Phi) is 8.83. The molecule has 36 heavy (non-hydrogen) atoms. The van der Waals surface area contributed by atoms with Crippen molar-refractivity contribution < 1.29 is 17.5 Å². The van der Waals surface area contributed by atoms with Crippen molar-refractivity contribution >= 4 is 33.3 Å². The predicted molar refractivity (Wildman–Crippen MR) is 145 cm³/mol. The minimum Gasteiger partial charge on any atom is -0.373 e. The first kappa shape index (κ1) is 27.2. The second-order valence-corrected chi connectivity index (χ2v) is 13.1. The van der Waals surface area contributed by atoms with Crippen LogP contribution in [0.3, 0.4) is 0 Å². The molecule has 2 aliphatic heterocycles. The molecular weight excluding hydrogens is 499 g/mol. The molecule has 198 valence electrons. The molecule has 1 N–H and O–H groups in total. The topological polar surface area (TPSA) is 65.1 Å². The molecule has 0 saturated carbocycles. The van der Waals surface area contributed by atoms with Crippen LogP contribution < -0.4 is 9.62 Å². The number of para-hydroxylation sites is 1. The fourth-order valence-electron chi connectivity index (χ4n) is 5.15. The molecule has 2 heterocycles. The molecule has 2 fully saturated rings. The van der Waals surface area contributed by atoms with Gasteiger partial charge < -0.3 is 9.64 Å². The van der Waals surface area contributed by atoms with E-state index in [1.54, 1.807) is 36.4 Å². The molecule has 0 spiro atoms. The van der Waals surface area contributed by atoms with E-state index in [0.717, 1.165) is 37.4 Å². The standard InChI is InChI=1S/C26H37FN4O3S2/c1-19-16-30(17-20(2)34-19)18-21-12-14-31(15-13-21)26-24(27)6-5-7-25(26)28-36(32,33)23-10-8-22(9-11-23)35-29(3)4/h5-11,19-21,28H,12-18H2,1-4H3/t19-,20+. The van der Waals surface area contributed by atoms with E-state index in [4.69, 9.17) is 4.74 Å². The summed E-state index contributed by atoms with van der Waals surface area (Å²) in [5.74, 6) is 0.117. The summed E-state index contributed by atoms with van der Waals surface area (Å²) in [7, 11) is -0.0110. The van der Waals surface area contributed by atoms with Gasteiger partial charge in [-0.3, -0.25) is 13.9 Å². The molecule has 2 atom stereocenters. The predicted octanol–water partition coefficient (Wildman–Crippen LogP) is 4.52. The van der Waals surface area contributed by atoms with Crippen LogP contribution in [0, 0.1) is 11.7 Å². The average molecular weight is 537 g/mol. The molecule has 2 aromatic carbocycles. The Morgan fingerprint density at radius 3 is 2.31 bits per heavy atom. The van der Waals surface area contributed by atoms with Gasteiger partial charge in [0.25, 0.3) is 10.0 Å². The molecule has 0 aromatic heterocycles. The van der Waals surface area contributed by atoms with Gasteiger partial charge in [0.15, 0.2) is 0 Å².